The predicted octanol–water partition coefficient (Wildman–Crippen LogP) is 4.07. The Kier molecular flexibility index (Phi) is 3.87. The molecule has 0 saturated carbocycles. The molecule has 0 fully saturated rings. The van der Waals surface area contributed by atoms with Crippen molar-refractivity contribution < 1.29 is 0 Å². The van der Waals surface area contributed by atoms with Crippen molar-refractivity contribution in [1.29, 1.82) is 0 Å². The normalized spacial score (nSPS) is 13.6. The summed E-state index contributed by atoms with van der Waals surface area (Å²) in [7, 11) is 0. The number of amidine groups is 1. The molecule has 27 heavy (non-hydrogen) atoms. The number of nitrogens with one attached hydrogen (secondary N) is 1. The topological polar surface area (TPSA) is 54.6 Å². The zero-order valence-corrected chi connectivity index (χ0v) is 15.2. The molecule has 5 rings (SSSR count). The minimum atomic E-state index is 0.641. The largest absolute Gasteiger partial charge is 0.368 e. The Morgan fingerprint density at radius 1 is 0.926 bits per heavy atom. The predicted molar refractivity (Wildman–Crippen MR) is 108 cm³/mol. The van der Waals surface area contributed by atoms with Crippen LogP contribution in [-0.2, 0) is 0 Å². The molecule has 0 amide bonds. The van der Waals surface area contributed by atoms with Gasteiger partial charge in [-0.2, -0.15) is 0 Å². The fourth-order valence-corrected chi connectivity index (χ4v) is 3.47. The zero-order valence-electron chi connectivity index (χ0n) is 14.4. The first-order valence-corrected chi connectivity index (χ1v) is 9.16. The molecule has 0 aliphatic carbocycles. The second-order valence-corrected chi connectivity index (χ2v) is 6.82. The van der Waals surface area contributed by atoms with Crippen LogP contribution < -0.4 is 5.32 Å². The number of benzene rings is 2. The van der Waals surface area contributed by atoms with Gasteiger partial charge in [0.2, 0.25) is 0 Å². The van der Waals surface area contributed by atoms with Crippen molar-refractivity contribution in [3.8, 4) is 22.5 Å². The van der Waals surface area contributed by atoms with E-state index in [9.17, 15) is 0 Å². The van der Waals surface area contributed by atoms with Gasteiger partial charge in [0.1, 0.15) is 5.84 Å². The second kappa shape index (κ2) is 6.52. The first kappa shape index (κ1) is 16.0. The van der Waals surface area contributed by atoms with E-state index in [0.717, 1.165) is 46.8 Å². The molecule has 1 aliphatic heterocycles. The lowest BCUT2D eigenvalue weighted by molar-refractivity contribution is 0.954. The van der Waals surface area contributed by atoms with Crippen LogP contribution in [0.4, 0.5) is 0 Å². The van der Waals surface area contributed by atoms with E-state index < -0.39 is 0 Å². The van der Waals surface area contributed by atoms with E-state index in [1.807, 2.05) is 53.2 Å². The minimum Gasteiger partial charge on any atom is -0.368 e. The highest BCUT2D eigenvalue weighted by molar-refractivity contribution is 6.30. The molecule has 0 bridgehead atoms. The van der Waals surface area contributed by atoms with Gasteiger partial charge in [-0.25, -0.2) is 9.50 Å². The molecule has 132 valence electrons. The summed E-state index contributed by atoms with van der Waals surface area (Å²) in [5.41, 5.74) is 4.81. The monoisotopic (exact) mass is 373 g/mol. The summed E-state index contributed by atoms with van der Waals surface area (Å²) in [6.45, 7) is 1.61. The Balaban J connectivity index is 1.73. The van der Waals surface area contributed by atoms with Gasteiger partial charge >= 0.3 is 0 Å². The third kappa shape index (κ3) is 2.96. The molecular weight excluding hydrogens is 358 g/mol. The molecule has 0 saturated heterocycles. The Labute approximate surface area is 161 Å². The summed E-state index contributed by atoms with van der Waals surface area (Å²) >= 11 is 6.14. The molecular formula is C21H16ClN5. The highest BCUT2D eigenvalue weighted by Crippen LogP contribution is 2.26. The van der Waals surface area contributed by atoms with Crippen molar-refractivity contribution in [3.05, 3.63) is 77.4 Å². The minimum absolute atomic E-state index is 0.641. The van der Waals surface area contributed by atoms with Gasteiger partial charge < -0.3 is 5.32 Å². The Hall–Kier alpha value is -3.18. The van der Waals surface area contributed by atoms with Crippen molar-refractivity contribution in [2.75, 3.05) is 13.1 Å². The van der Waals surface area contributed by atoms with Crippen LogP contribution in [0.15, 0.2) is 71.9 Å². The number of aliphatic imine (C=N–C) groups is 1. The maximum atomic E-state index is 6.14. The number of hydrogen-bond acceptors (Lipinski definition) is 4. The summed E-state index contributed by atoms with van der Waals surface area (Å²) in [6, 6.07) is 20.0. The van der Waals surface area contributed by atoms with Gasteiger partial charge in [0.15, 0.2) is 11.5 Å². The molecule has 4 aromatic rings. The third-order valence-corrected chi connectivity index (χ3v) is 4.79. The summed E-state index contributed by atoms with van der Waals surface area (Å²) in [5, 5.41) is 8.72. The van der Waals surface area contributed by atoms with Crippen LogP contribution in [-0.4, -0.2) is 33.5 Å². The van der Waals surface area contributed by atoms with E-state index >= 15 is 0 Å². The highest BCUT2D eigenvalue weighted by atomic mass is 35.5. The zero-order chi connectivity index (χ0) is 18.2. The lowest BCUT2D eigenvalue weighted by atomic mass is 10.1. The second-order valence-electron chi connectivity index (χ2n) is 6.38. The molecule has 0 spiro atoms. The lowest BCUT2D eigenvalue weighted by Gasteiger charge is -2.08. The Bertz CT molecular complexity index is 1160. The van der Waals surface area contributed by atoms with Crippen LogP contribution >= 0.6 is 11.6 Å². The summed E-state index contributed by atoms with van der Waals surface area (Å²) in [6.07, 6.45) is 2.00. The fourth-order valence-electron chi connectivity index (χ4n) is 3.28. The maximum absolute atomic E-state index is 6.14. The lowest BCUT2D eigenvalue weighted by Crippen LogP contribution is -2.20. The van der Waals surface area contributed by atoms with Gasteiger partial charge in [-0.15, -0.1) is 5.10 Å². The van der Waals surface area contributed by atoms with Gasteiger partial charge in [0.05, 0.1) is 12.1 Å². The average molecular weight is 374 g/mol. The third-order valence-electron chi connectivity index (χ3n) is 4.55. The average Bonchev–Trinajstić information content (AvgIpc) is 3.38. The SMILES string of the molecule is Clc1cccc(-c2nc3c(C4=NCCN4)cc(-c4ccccc4)cn3n2)c1. The number of halogens is 1. The number of rotatable bonds is 3. The van der Waals surface area contributed by atoms with E-state index in [0.29, 0.717) is 10.8 Å². The summed E-state index contributed by atoms with van der Waals surface area (Å²) in [5.74, 6) is 1.50. The molecule has 0 radical (unpaired) electrons. The Morgan fingerprint density at radius 2 is 1.78 bits per heavy atom. The molecule has 0 atom stereocenters. The molecule has 2 aromatic heterocycles. The molecule has 5 nitrogen and oxygen atoms in total. The maximum Gasteiger partial charge on any atom is 0.182 e. The number of nitrogens with zero attached hydrogens (tertiary/aromatic N) is 4. The van der Waals surface area contributed by atoms with Crippen LogP contribution in [0.5, 0.6) is 0 Å². The Morgan fingerprint density at radius 3 is 2.56 bits per heavy atom. The van der Waals surface area contributed by atoms with E-state index in [1.165, 1.54) is 0 Å². The number of aromatic nitrogens is 3. The van der Waals surface area contributed by atoms with E-state index in [1.54, 1.807) is 0 Å². The van der Waals surface area contributed by atoms with Crippen LogP contribution in [0.2, 0.25) is 5.02 Å². The summed E-state index contributed by atoms with van der Waals surface area (Å²) < 4.78 is 1.83. The van der Waals surface area contributed by atoms with Crippen molar-refractivity contribution >= 4 is 23.1 Å². The van der Waals surface area contributed by atoms with Crippen LogP contribution in [0, 0.1) is 0 Å². The summed E-state index contributed by atoms with van der Waals surface area (Å²) in [4.78, 5) is 9.37. The number of fused-ring (bicyclic) bond motifs is 1. The quantitative estimate of drug-likeness (QED) is 0.589. The highest BCUT2D eigenvalue weighted by Gasteiger charge is 2.18. The molecule has 1 aliphatic rings. The van der Waals surface area contributed by atoms with Crippen molar-refractivity contribution in [3.63, 3.8) is 0 Å². The van der Waals surface area contributed by atoms with E-state index in [4.69, 9.17) is 21.7 Å². The van der Waals surface area contributed by atoms with Crippen molar-refractivity contribution in [2.24, 2.45) is 4.99 Å². The van der Waals surface area contributed by atoms with Gasteiger partial charge in [-0.3, -0.25) is 4.99 Å². The standard InChI is InChI=1S/C21H16ClN5/c22-17-8-4-7-15(11-17)19-25-21-18(20-23-9-10-24-20)12-16(13-27(21)26-19)14-5-2-1-3-6-14/h1-8,11-13H,9-10H2,(H,23,24). The number of pyridine rings is 1. The molecule has 6 heteroatoms. The molecule has 0 unspecified atom stereocenters. The first-order valence-electron chi connectivity index (χ1n) is 8.78. The van der Waals surface area contributed by atoms with Crippen LogP contribution in [0.25, 0.3) is 28.2 Å². The van der Waals surface area contributed by atoms with E-state index in [2.05, 4.69) is 28.5 Å². The van der Waals surface area contributed by atoms with Crippen molar-refractivity contribution in [2.45, 2.75) is 0 Å². The van der Waals surface area contributed by atoms with Gasteiger partial charge in [-0.05, 0) is 23.8 Å². The van der Waals surface area contributed by atoms with Gasteiger partial charge in [-0.1, -0.05) is 54.1 Å². The number of hydrogen-bond donors (Lipinski definition) is 1. The molecule has 1 N–H and O–H groups in total. The van der Waals surface area contributed by atoms with Crippen LogP contribution in [0.3, 0.4) is 0 Å². The molecule has 2 aromatic carbocycles. The van der Waals surface area contributed by atoms with Gasteiger partial charge in [0, 0.05) is 28.9 Å². The van der Waals surface area contributed by atoms with Crippen LogP contribution in [0.1, 0.15) is 5.56 Å². The van der Waals surface area contributed by atoms with Crippen molar-refractivity contribution in [1.82, 2.24) is 19.9 Å². The smallest absolute Gasteiger partial charge is 0.182 e. The molecule has 3 heterocycles. The fraction of sp³-hybridized carbons (Fsp3) is 0.0952. The first-order chi connectivity index (χ1) is 13.3. The van der Waals surface area contributed by atoms with E-state index in [-0.39, 0.29) is 0 Å². The van der Waals surface area contributed by atoms with Gasteiger partial charge in [0.25, 0.3) is 0 Å².